The second kappa shape index (κ2) is 7.70. The quantitative estimate of drug-likeness (QED) is 0.674. The molecule has 2 saturated carbocycles. The SMILES string of the molecule is OC1(O)C=CC(c2cccc(C3CCCCC3)c2C2CCCCC2)=CC1. The maximum absolute atomic E-state index is 9.84. The standard InChI is InChI=1S/C24H32O2/c25-24(26)16-14-19(15-17-24)22-13-7-12-21(18-8-3-1-4-9-18)23(22)20-10-5-2-6-11-20/h7,12-16,18,20,25-26H,1-6,8-11,17H2. The zero-order valence-electron chi connectivity index (χ0n) is 15.8. The van der Waals surface area contributed by atoms with Gasteiger partial charge >= 0.3 is 0 Å². The van der Waals surface area contributed by atoms with Crippen molar-refractivity contribution in [3.05, 3.63) is 53.1 Å². The highest BCUT2D eigenvalue weighted by atomic mass is 16.5. The summed E-state index contributed by atoms with van der Waals surface area (Å²) in [4.78, 5) is 0. The molecule has 2 N–H and O–H groups in total. The Balaban J connectivity index is 1.75. The van der Waals surface area contributed by atoms with Crippen LogP contribution in [0.25, 0.3) is 5.57 Å². The van der Waals surface area contributed by atoms with Crippen LogP contribution < -0.4 is 0 Å². The van der Waals surface area contributed by atoms with Crippen LogP contribution in [0.15, 0.2) is 36.4 Å². The van der Waals surface area contributed by atoms with Gasteiger partial charge < -0.3 is 10.2 Å². The third-order valence-electron chi connectivity index (χ3n) is 6.66. The maximum atomic E-state index is 9.84. The molecule has 4 rings (SSSR count). The van der Waals surface area contributed by atoms with Crippen molar-refractivity contribution in [2.75, 3.05) is 0 Å². The molecule has 0 aliphatic heterocycles. The molecule has 0 radical (unpaired) electrons. The minimum atomic E-state index is -1.69. The molecule has 140 valence electrons. The minimum absolute atomic E-state index is 0.274. The molecule has 0 heterocycles. The van der Waals surface area contributed by atoms with Crippen molar-refractivity contribution in [2.45, 2.75) is 88.3 Å². The van der Waals surface area contributed by atoms with Crippen LogP contribution in [0.4, 0.5) is 0 Å². The molecule has 0 bridgehead atoms. The van der Waals surface area contributed by atoms with E-state index in [1.807, 2.05) is 12.2 Å². The van der Waals surface area contributed by atoms with Crippen LogP contribution >= 0.6 is 0 Å². The summed E-state index contributed by atoms with van der Waals surface area (Å²) < 4.78 is 0. The number of rotatable bonds is 3. The first-order valence-electron chi connectivity index (χ1n) is 10.6. The van der Waals surface area contributed by atoms with Crippen molar-refractivity contribution in [2.24, 2.45) is 0 Å². The van der Waals surface area contributed by atoms with Crippen LogP contribution in [0.2, 0.25) is 0 Å². The van der Waals surface area contributed by atoms with Crippen molar-refractivity contribution in [3.63, 3.8) is 0 Å². The highest BCUT2D eigenvalue weighted by Gasteiger charge is 2.28. The van der Waals surface area contributed by atoms with Gasteiger partial charge in [0.25, 0.3) is 0 Å². The van der Waals surface area contributed by atoms with Crippen LogP contribution in [0.1, 0.15) is 99.2 Å². The number of benzene rings is 1. The van der Waals surface area contributed by atoms with E-state index in [0.717, 1.165) is 0 Å². The zero-order chi connectivity index (χ0) is 18.0. The largest absolute Gasteiger partial charge is 0.362 e. The summed E-state index contributed by atoms with van der Waals surface area (Å²) in [7, 11) is 0. The Morgan fingerprint density at radius 1 is 0.808 bits per heavy atom. The highest BCUT2D eigenvalue weighted by molar-refractivity contribution is 5.78. The maximum Gasteiger partial charge on any atom is 0.186 e. The number of hydrogen-bond donors (Lipinski definition) is 2. The van der Waals surface area contributed by atoms with Gasteiger partial charge in [0.1, 0.15) is 0 Å². The van der Waals surface area contributed by atoms with E-state index < -0.39 is 5.79 Å². The van der Waals surface area contributed by atoms with Crippen LogP contribution in [0, 0.1) is 0 Å². The second-order valence-corrected chi connectivity index (χ2v) is 8.55. The normalized spacial score (nSPS) is 24.5. The van der Waals surface area contributed by atoms with E-state index in [0.29, 0.717) is 11.8 Å². The average Bonchev–Trinajstić information content (AvgIpc) is 2.69. The molecule has 0 amide bonds. The third-order valence-corrected chi connectivity index (χ3v) is 6.66. The van der Waals surface area contributed by atoms with Crippen molar-refractivity contribution in [1.82, 2.24) is 0 Å². The predicted molar refractivity (Wildman–Crippen MR) is 107 cm³/mol. The van der Waals surface area contributed by atoms with Gasteiger partial charge in [-0.3, -0.25) is 0 Å². The monoisotopic (exact) mass is 352 g/mol. The van der Waals surface area contributed by atoms with Crippen molar-refractivity contribution < 1.29 is 10.2 Å². The lowest BCUT2D eigenvalue weighted by Crippen LogP contribution is -2.25. The Morgan fingerprint density at radius 3 is 2.08 bits per heavy atom. The van der Waals surface area contributed by atoms with Crippen molar-refractivity contribution >= 4 is 5.57 Å². The van der Waals surface area contributed by atoms with Gasteiger partial charge in [-0.25, -0.2) is 0 Å². The fourth-order valence-electron chi connectivity index (χ4n) is 5.27. The molecular formula is C24H32O2. The molecule has 0 aromatic heterocycles. The first-order valence-corrected chi connectivity index (χ1v) is 10.6. The zero-order valence-corrected chi connectivity index (χ0v) is 15.8. The Kier molecular flexibility index (Phi) is 5.33. The van der Waals surface area contributed by atoms with Crippen LogP contribution in [-0.2, 0) is 0 Å². The first kappa shape index (κ1) is 18.0. The number of hydrogen-bond acceptors (Lipinski definition) is 2. The summed E-state index contributed by atoms with van der Waals surface area (Å²) in [6, 6.07) is 6.87. The van der Waals surface area contributed by atoms with Crippen molar-refractivity contribution in [1.29, 1.82) is 0 Å². The van der Waals surface area contributed by atoms with Gasteiger partial charge in [0, 0.05) is 6.42 Å². The van der Waals surface area contributed by atoms with Gasteiger partial charge in [-0.2, -0.15) is 0 Å². The van der Waals surface area contributed by atoms with Gasteiger partial charge in [0.2, 0.25) is 0 Å². The Hall–Kier alpha value is -1.38. The summed E-state index contributed by atoms with van der Waals surface area (Å²) in [5.74, 6) is -0.306. The number of allylic oxidation sites excluding steroid dienone is 2. The topological polar surface area (TPSA) is 40.5 Å². The van der Waals surface area contributed by atoms with E-state index in [4.69, 9.17) is 0 Å². The molecular weight excluding hydrogens is 320 g/mol. The Morgan fingerprint density at radius 2 is 1.46 bits per heavy atom. The lowest BCUT2D eigenvalue weighted by molar-refractivity contribution is -0.114. The summed E-state index contributed by atoms with van der Waals surface area (Å²) in [5, 5.41) is 19.7. The molecule has 2 nitrogen and oxygen atoms in total. The third kappa shape index (κ3) is 3.82. The fourth-order valence-corrected chi connectivity index (χ4v) is 5.27. The van der Waals surface area contributed by atoms with Gasteiger partial charge in [-0.1, -0.05) is 68.9 Å². The summed E-state index contributed by atoms with van der Waals surface area (Å²) >= 11 is 0. The average molecular weight is 353 g/mol. The highest BCUT2D eigenvalue weighted by Crippen LogP contribution is 2.44. The van der Waals surface area contributed by atoms with E-state index in [1.54, 1.807) is 17.2 Å². The predicted octanol–water partition coefficient (Wildman–Crippen LogP) is 5.81. The lowest BCUT2D eigenvalue weighted by atomic mass is 9.73. The molecule has 1 aromatic carbocycles. The molecule has 0 saturated heterocycles. The Labute approximate surface area is 157 Å². The van der Waals surface area contributed by atoms with Gasteiger partial charge in [0.15, 0.2) is 5.79 Å². The van der Waals surface area contributed by atoms with E-state index in [9.17, 15) is 10.2 Å². The van der Waals surface area contributed by atoms with Crippen LogP contribution in [0.3, 0.4) is 0 Å². The summed E-state index contributed by atoms with van der Waals surface area (Å²) in [5.41, 5.74) is 5.68. The molecule has 3 aliphatic carbocycles. The van der Waals surface area contributed by atoms with Crippen LogP contribution in [-0.4, -0.2) is 16.0 Å². The minimum Gasteiger partial charge on any atom is -0.362 e. The number of aliphatic hydroxyl groups is 2. The molecule has 26 heavy (non-hydrogen) atoms. The molecule has 1 aromatic rings. The van der Waals surface area contributed by atoms with Crippen LogP contribution in [0.5, 0.6) is 0 Å². The second-order valence-electron chi connectivity index (χ2n) is 8.55. The first-order chi connectivity index (χ1) is 12.6. The van der Waals surface area contributed by atoms with Crippen molar-refractivity contribution in [3.8, 4) is 0 Å². The fraction of sp³-hybridized carbons (Fsp3) is 0.583. The van der Waals surface area contributed by atoms with Gasteiger partial charge in [0.05, 0.1) is 0 Å². The molecule has 0 spiro atoms. The van der Waals surface area contributed by atoms with E-state index >= 15 is 0 Å². The van der Waals surface area contributed by atoms with Gasteiger partial charge in [-0.15, -0.1) is 0 Å². The summed E-state index contributed by atoms with van der Waals surface area (Å²) in [6.07, 6.45) is 19.2. The molecule has 3 aliphatic rings. The summed E-state index contributed by atoms with van der Waals surface area (Å²) in [6.45, 7) is 0. The smallest absolute Gasteiger partial charge is 0.186 e. The van der Waals surface area contributed by atoms with E-state index in [1.165, 1.54) is 75.3 Å². The van der Waals surface area contributed by atoms with Gasteiger partial charge in [-0.05, 0) is 65.9 Å². The Bertz CT molecular complexity index is 686. The van der Waals surface area contributed by atoms with E-state index in [-0.39, 0.29) is 6.42 Å². The molecule has 2 heteroatoms. The van der Waals surface area contributed by atoms with E-state index in [2.05, 4.69) is 18.2 Å². The molecule has 2 fully saturated rings. The molecule has 0 atom stereocenters. The molecule has 0 unspecified atom stereocenters. The lowest BCUT2D eigenvalue weighted by Gasteiger charge is -2.32.